The summed E-state index contributed by atoms with van der Waals surface area (Å²) in [6.45, 7) is 3.12. The van der Waals surface area contributed by atoms with Crippen LogP contribution in [0.4, 0.5) is 4.79 Å². The Morgan fingerprint density at radius 1 is 1.27 bits per heavy atom. The summed E-state index contributed by atoms with van der Waals surface area (Å²) in [6, 6.07) is -0.0788. The van der Waals surface area contributed by atoms with Crippen molar-refractivity contribution in [1.29, 1.82) is 0 Å². The quantitative estimate of drug-likeness (QED) is 0.620. The second-order valence-electron chi connectivity index (χ2n) is 4.38. The van der Waals surface area contributed by atoms with Crippen LogP contribution >= 0.6 is 0 Å². The second kappa shape index (κ2) is 5.95. The molecule has 0 unspecified atom stereocenters. The first-order valence-electron chi connectivity index (χ1n) is 5.98. The molecule has 0 spiro atoms. The van der Waals surface area contributed by atoms with Gasteiger partial charge in [0.2, 0.25) is 0 Å². The lowest BCUT2D eigenvalue weighted by Crippen LogP contribution is -2.56. The molecule has 0 aromatic rings. The Labute approximate surface area is 92.0 Å². The molecule has 0 radical (unpaired) electrons. The highest BCUT2D eigenvalue weighted by Gasteiger charge is 2.30. The number of nitrogens with one attached hydrogen (secondary N) is 2. The largest absolute Gasteiger partial charge is 0.338 e. The van der Waals surface area contributed by atoms with Crippen molar-refractivity contribution in [2.75, 3.05) is 13.1 Å². The van der Waals surface area contributed by atoms with Crippen LogP contribution in [0.15, 0.2) is 0 Å². The zero-order chi connectivity index (χ0) is 11.1. The van der Waals surface area contributed by atoms with Crippen LogP contribution in [0, 0.1) is 0 Å². The number of nitrogens with two attached hydrogens (primary N) is 1. The van der Waals surface area contributed by atoms with Crippen LogP contribution in [0.25, 0.3) is 0 Å². The van der Waals surface area contributed by atoms with Crippen molar-refractivity contribution >= 4 is 6.03 Å². The van der Waals surface area contributed by atoms with E-state index in [-0.39, 0.29) is 11.6 Å². The van der Waals surface area contributed by atoms with Gasteiger partial charge in [0.05, 0.1) is 5.54 Å². The number of carbonyl (C=O) groups excluding carboxylic acids is 1. The van der Waals surface area contributed by atoms with E-state index in [4.69, 9.17) is 5.73 Å². The SMILES string of the molecule is CCNC(=O)NC1(CN)CCCCCC1. The Kier molecular flexibility index (Phi) is 4.88. The lowest BCUT2D eigenvalue weighted by Gasteiger charge is -2.32. The smallest absolute Gasteiger partial charge is 0.315 e. The molecule has 0 heterocycles. The molecule has 88 valence electrons. The zero-order valence-electron chi connectivity index (χ0n) is 9.64. The number of rotatable bonds is 3. The van der Waals surface area contributed by atoms with E-state index < -0.39 is 0 Å². The molecule has 15 heavy (non-hydrogen) atoms. The summed E-state index contributed by atoms with van der Waals surface area (Å²) < 4.78 is 0. The lowest BCUT2D eigenvalue weighted by molar-refractivity contribution is 0.219. The molecule has 1 aliphatic rings. The Balaban J connectivity index is 2.53. The van der Waals surface area contributed by atoms with Gasteiger partial charge in [-0.05, 0) is 19.8 Å². The highest BCUT2D eigenvalue weighted by molar-refractivity contribution is 5.74. The van der Waals surface area contributed by atoms with E-state index in [2.05, 4.69) is 10.6 Å². The van der Waals surface area contributed by atoms with Gasteiger partial charge in [-0.1, -0.05) is 25.7 Å². The minimum Gasteiger partial charge on any atom is -0.338 e. The first-order chi connectivity index (χ1) is 7.22. The third-order valence-electron chi connectivity index (χ3n) is 3.17. The van der Waals surface area contributed by atoms with Gasteiger partial charge >= 0.3 is 6.03 Å². The topological polar surface area (TPSA) is 67.2 Å². The van der Waals surface area contributed by atoms with Crippen LogP contribution in [-0.4, -0.2) is 24.7 Å². The zero-order valence-corrected chi connectivity index (χ0v) is 9.64. The lowest BCUT2D eigenvalue weighted by atomic mass is 9.90. The number of amides is 2. The number of carbonyl (C=O) groups is 1. The Bertz CT molecular complexity index is 198. The minimum atomic E-state index is -0.157. The van der Waals surface area contributed by atoms with Gasteiger partial charge in [-0.3, -0.25) is 0 Å². The van der Waals surface area contributed by atoms with Crippen LogP contribution in [0.5, 0.6) is 0 Å². The monoisotopic (exact) mass is 213 g/mol. The maximum Gasteiger partial charge on any atom is 0.315 e. The molecule has 4 N–H and O–H groups in total. The number of hydrogen-bond donors (Lipinski definition) is 3. The van der Waals surface area contributed by atoms with Gasteiger partial charge in [-0.15, -0.1) is 0 Å². The van der Waals surface area contributed by atoms with E-state index in [0.717, 1.165) is 12.8 Å². The molecule has 1 aliphatic carbocycles. The van der Waals surface area contributed by atoms with Crippen LogP contribution in [0.1, 0.15) is 45.4 Å². The van der Waals surface area contributed by atoms with E-state index in [1.165, 1.54) is 25.7 Å². The van der Waals surface area contributed by atoms with Gasteiger partial charge in [0.15, 0.2) is 0 Å². The molecular formula is C11H23N3O. The Hall–Kier alpha value is -0.770. The molecule has 1 rings (SSSR count). The Morgan fingerprint density at radius 2 is 1.87 bits per heavy atom. The van der Waals surface area contributed by atoms with Gasteiger partial charge < -0.3 is 16.4 Å². The summed E-state index contributed by atoms with van der Waals surface area (Å²) >= 11 is 0. The maximum atomic E-state index is 11.5. The molecule has 4 nitrogen and oxygen atoms in total. The Morgan fingerprint density at radius 3 is 2.33 bits per heavy atom. The van der Waals surface area contributed by atoms with Crippen molar-refractivity contribution in [3.8, 4) is 0 Å². The normalized spacial score (nSPS) is 20.4. The molecule has 0 aliphatic heterocycles. The molecule has 0 aromatic carbocycles. The second-order valence-corrected chi connectivity index (χ2v) is 4.38. The van der Waals surface area contributed by atoms with E-state index in [0.29, 0.717) is 13.1 Å². The fourth-order valence-corrected chi connectivity index (χ4v) is 2.23. The van der Waals surface area contributed by atoms with Gasteiger partial charge in [0, 0.05) is 13.1 Å². The van der Waals surface area contributed by atoms with Crippen LogP contribution < -0.4 is 16.4 Å². The molecule has 2 amide bonds. The van der Waals surface area contributed by atoms with Gasteiger partial charge in [-0.2, -0.15) is 0 Å². The third-order valence-corrected chi connectivity index (χ3v) is 3.17. The van der Waals surface area contributed by atoms with Gasteiger partial charge in [0.25, 0.3) is 0 Å². The van der Waals surface area contributed by atoms with E-state index >= 15 is 0 Å². The van der Waals surface area contributed by atoms with Crippen molar-refractivity contribution < 1.29 is 4.79 Å². The van der Waals surface area contributed by atoms with E-state index in [1.54, 1.807) is 0 Å². The van der Waals surface area contributed by atoms with Crippen molar-refractivity contribution in [1.82, 2.24) is 10.6 Å². The van der Waals surface area contributed by atoms with Gasteiger partial charge in [0.1, 0.15) is 0 Å². The summed E-state index contributed by atoms with van der Waals surface area (Å²) in [5, 5.41) is 5.81. The van der Waals surface area contributed by atoms with Crippen molar-refractivity contribution in [2.24, 2.45) is 5.73 Å². The number of urea groups is 1. The van der Waals surface area contributed by atoms with Crippen molar-refractivity contribution in [3.63, 3.8) is 0 Å². The third kappa shape index (κ3) is 3.70. The number of hydrogen-bond acceptors (Lipinski definition) is 2. The molecule has 0 saturated heterocycles. The first kappa shape index (κ1) is 12.3. The van der Waals surface area contributed by atoms with Crippen LogP contribution in [0.3, 0.4) is 0 Å². The fraction of sp³-hybridized carbons (Fsp3) is 0.909. The molecule has 0 aromatic heterocycles. The molecule has 0 atom stereocenters. The predicted molar refractivity (Wildman–Crippen MR) is 61.7 cm³/mol. The standard InChI is InChI=1S/C11H23N3O/c1-2-13-10(15)14-11(9-12)7-5-3-4-6-8-11/h2-9,12H2,1H3,(H2,13,14,15). The summed E-state index contributed by atoms with van der Waals surface area (Å²) in [4.78, 5) is 11.5. The molecule has 4 heteroatoms. The van der Waals surface area contributed by atoms with E-state index in [1.807, 2.05) is 6.92 Å². The molecule has 1 fully saturated rings. The summed E-state index contributed by atoms with van der Waals surface area (Å²) in [5.74, 6) is 0. The van der Waals surface area contributed by atoms with Crippen molar-refractivity contribution in [3.05, 3.63) is 0 Å². The van der Waals surface area contributed by atoms with Crippen molar-refractivity contribution in [2.45, 2.75) is 51.0 Å². The molecular weight excluding hydrogens is 190 g/mol. The first-order valence-corrected chi connectivity index (χ1v) is 5.98. The average molecular weight is 213 g/mol. The van der Waals surface area contributed by atoms with Gasteiger partial charge in [-0.25, -0.2) is 4.79 Å². The fourth-order valence-electron chi connectivity index (χ4n) is 2.23. The molecule has 1 saturated carbocycles. The van der Waals surface area contributed by atoms with Crippen LogP contribution in [0.2, 0.25) is 0 Å². The highest BCUT2D eigenvalue weighted by atomic mass is 16.2. The highest BCUT2D eigenvalue weighted by Crippen LogP contribution is 2.26. The minimum absolute atomic E-state index is 0.0788. The van der Waals surface area contributed by atoms with E-state index in [9.17, 15) is 4.79 Å². The van der Waals surface area contributed by atoms with Crippen LogP contribution in [-0.2, 0) is 0 Å². The predicted octanol–water partition coefficient (Wildman–Crippen LogP) is 1.36. The maximum absolute atomic E-state index is 11.5. The average Bonchev–Trinajstić information content (AvgIpc) is 2.44. The summed E-state index contributed by atoms with van der Waals surface area (Å²) in [5.41, 5.74) is 5.65. The summed E-state index contributed by atoms with van der Waals surface area (Å²) in [7, 11) is 0. The summed E-state index contributed by atoms with van der Waals surface area (Å²) in [6.07, 6.45) is 6.89. The molecule has 0 bridgehead atoms.